The fourth-order valence-electron chi connectivity index (χ4n) is 2.45. The Balaban J connectivity index is 2.01. The minimum Gasteiger partial charge on any atom is -0.355 e. The van der Waals surface area contributed by atoms with E-state index in [1.165, 1.54) is 12.4 Å². The normalized spacial score (nSPS) is 11.1. The highest BCUT2D eigenvalue weighted by Gasteiger charge is 2.15. The van der Waals surface area contributed by atoms with E-state index in [1.54, 1.807) is 10.6 Å². The van der Waals surface area contributed by atoms with E-state index in [2.05, 4.69) is 15.1 Å². The summed E-state index contributed by atoms with van der Waals surface area (Å²) in [6.45, 7) is 4.44. The Kier molecular flexibility index (Phi) is 3.70. The molecule has 5 nitrogen and oxygen atoms in total. The Labute approximate surface area is 132 Å². The standard InChI is InChI=1S/C15H15ClFN5/c1-9-10(2)20-15-18-8-19-22(15)14(9)21(3)7-11-4-5-12(16)13(17)6-11/h4-6,8H,7H2,1-3H3. The molecule has 114 valence electrons. The van der Waals surface area contributed by atoms with Gasteiger partial charge >= 0.3 is 0 Å². The molecule has 0 atom stereocenters. The summed E-state index contributed by atoms with van der Waals surface area (Å²) >= 11 is 5.72. The van der Waals surface area contributed by atoms with E-state index in [4.69, 9.17) is 11.6 Å². The average molecular weight is 320 g/mol. The van der Waals surface area contributed by atoms with Crippen LogP contribution in [0.3, 0.4) is 0 Å². The lowest BCUT2D eigenvalue weighted by Gasteiger charge is -2.22. The van der Waals surface area contributed by atoms with Crippen LogP contribution < -0.4 is 4.90 Å². The zero-order valence-corrected chi connectivity index (χ0v) is 13.3. The van der Waals surface area contributed by atoms with Gasteiger partial charge in [-0.1, -0.05) is 17.7 Å². The van der Waals surface area contributed by atoms with Gasteiger partial charge in [-0.15, -0.1) is 0 Å². The number of anilines is 1. The molecular weight excluding hydrogens is 305 g/mol. The first kappa shape index (κ1) is 14.7. The van der Waals surface area contributed by atoms with E-state index < -0.39 is 5.82 Å². The molecule has 0 amide bonds. The van der Waals surface area contributed by atoms with Gasteiger partial charge in [0.2, 0.25) is 0 Å². The maximum Gasteiger partial charge on any atom is 0.254 e. The van der Waals surface area contributed by atoms with Crippen molar-refractivity contribution < 1.29 is 4.39 Å². The zero-order chi connectivity index (χ0) is 15.9. The van der Waals surface area contributed by atoms with Gasteiger partial charge in [0.1, 0.15) is 18.0 Å². The molecular formula is C15H15ClFN5. The van der Waals surface area contributed by atoms with Gasteiger partial charge in [-0.3, -0.25) is 0 Å². The molecule has 0 fully saturated rings. The van der Waals surface area contributed by atoms with Gasteiger partial charge in [-0.25, -0.2) is 9.37 Å². The van der Waals surface area contributed by atoms with Gasteiger partial charge in [-0.05, 0) is 31.5 Å². The SMILES string of the molecule is Cc1nc2ncnn2c(N(C)Cc2ccc(Cl)c(F)c2)c1C. The molecule has 0 bridgehead atoms. The van der Waals surface area contributed by atoms with E-state index in [0.717, 1.165) is 22.6 Å². The number of hydrogen-bond donors (Lipinski definition) is 0. The predicted molar refractivity (Wildman–Crippen MR) is 83.8 cm³/mol. The van der Waals surface area contributed by atoms with Crippen molar-refractivity contribution in [1.29, 1.82) is 0 Å². The van der Waals surface area contributed by atoms with Crippen molar-refractivity contribution in [2.75, 3.05) is 11.9 Å². The van der Waals surface area contributed by atoms with Crippen molar-refractivity contribution in [3.05, 3.63) is 52.2 Å². The molecule has 2 heterocycles. The largest absolute Gasteiger partial charge is 0.355 e. The summed E-state index contributed by atoms with van der Waals surface area (Å²) in [5, 5.41) is 4.35. The number of hydrogen-bond acceptors (Lipinski definition) is 4. The van der Waals surface area contributed by atoms with Crippen LogP contribution in [-0.4, -0.2) is 26.6 Å². The van der Waals surface area contributed by atoms with E-state index in [1.807, 2.05) is 31.9 Å². The molecule has 0 aliphatic heterocycles. The Morgan fingerprint density at radius 3 is 2.82 bits per heavy atom. The van der Waals surface area contributed by atoms with Crippen molar-refractivity contribution in [2.24, 2.45) is 0 Å². The molecule has 0 radical (unpaired) electrons. The Hall–Kier alpha value is -2.21. The van der Waals surface area contributed by atoms with Gasteiger partial charge in [-0.2, -0.15) is 14.6 Å². The second-order valence-electron chi connectivity index (χ2n) is 5.22. The van der Waals surface area contributed by atoms with Crippen LogP contribution in [0.4, 0.5) is 10.2 Å². The van der Waals surface area contributed by atoms with Crippen molar-refractivity contribution in [3.63, 3.8) is 0 Å². The van der Waals surface area contributed by atoms with Crippen LogP contribution in [0.15, 0.2) is 24.5 Å². The maximum atomic E-state index is 13.6. The predicted octanol–water partition coefficient (Wildman–Crippen LogP) is 3.17. The first-order chi connectivity index (χ1) is 10.5. The van der Waals surface area contributed by atoms with E-state index in [-0.39, 0.29) is 5.02 Å². The quantitative estimate of drug-likeness (QED) is 0.744. The first-order valence-corrected chi connectivity index (χ1v) is 7.17. The minimum absolute atomic E-state index is 0.126. The number of nitrogens with zero attached hydrogens (tertiary/aromatic N) is 5. The Bertz CT molecular complexity index is 845. The average Bonchev–Trinajstić information content (AvgIpc) is 2.91. The molecule has 2 aromatic heterocycles. The summed E-state index contributed by atoms with van der Waals surface area (Å²) in [6.07, 6.45) is 1.47. The molecule has 3 rings (SSSR count). The molecule has 0 saturated heterocycles. The minimum atomic E-state index is -0.416. The van der Waals surface area contributed by atoms with Gasteiger partial charge in [0.05, 0.1) is 5.02 Å². The Morgan fingerprint density at radius 1 is 1.32 bits per heavy atom. The summed E-state index contributed by atoms with van der Waals surface area (Å²) in [5.74, 6) is 1.02. The lowest BCUT2D eigenvalue weighted by Crippen LogP contribution is -2.22. The third kappa shape index (κ3) is 2.50. The van der Waals surface area contributed by atoms with Crippen molar-refractivity contribution in [3.8, 4) is 0 Å². The molecule has 1 aromatic carbocycles. The lowest BCUT2D eigenvalue weighted by molar-refractivity contribution is 0.625. The van der Waals surface area contributed by atoms with Gasteiger partial charge < -0.3 is 4.90 Å². The van der Waals surface area contributed by atoms with Crippen LogP contribution in [0.2, 0.25) is 5.02 Å². The topological polar surface area (TPSA) is 46.3 Å². The molecule has 0 aliphatic carbocycles. The van der Waals surface area contributed by atoms with Crippen molar-refractivity contribution in [2.45, 2.75) is 20.4 Å². The molecule has 7 heteroatoms. The number of benzene rings is 1. The third-order valence-corrected chi connectivity index (χ3v) is 3.95. The third-order valence-electron chi connectivity index (χ3n) is 3.64. The van der Waals surface area contributed by atoms with E-state index in [9.17, 15) is 4.39 Å². The molecule has 0 spiro atoms. The molecule has 3 aromatic rings. The molecule has 0 unspecified atom stereocenters. The van der Waals surface area contributed by atoms with Gasteiger partial charge in [0.15, 0.2) is 0 Å². The molecule has 0 N–H and O–H groups in total. The lowest BCUT2D eigenvalue weighted by atomic mass is 10.2. The monoisotopic (exact) mass is 319 g/mol. The van der Waals surface area contributed by atoms with Crippen molar-refractivity contribution >= 4 is 23.2 Å². The van der Waals surface area contributed by atoms with Crippen LogP contribution >= 0.6 is 11.6 Å². The molecule has 22 heavy (non-hydrogen) atoms. The summed E-state index contributed by atoms with van der Waals surface area (Å²) in [5.41, 5.74) is 2.73. The highest BCUT2D eigenvalue weighted by atomic mass is 35.5. The summed E-state index contributed by atoms with van der Waals surface area (Å²) in [4.78, 5) is 10.5. The number of fused-ring (bicyclic) bond motifs is 1. The summed E-state index contributed by atoms with van der Waals surface area (Å²) < 4.78 is 15.3. The van der Waals surface area contributed by atoms with Crippen molar-refractivity contribution in [1.82, 2.24) is 19.6 Å². The fourth-order valence-corrected chi connectivity index (χ4v) is 2.57. The van der Waals surface area contributed by atoms with Crippen LogP contribution in [0.1, 0.15) is 16.8 Å². The summed E-state index contributed by atoms with van der Waals surface area (Å²) in [7, 11) is 1.93. The second kappa shape index (κ2) is 5.53. The van der Waals surface area contributed by atoms with Crippen LogP contribution in [0.25, 0.3) is 5.78 Å². The zero-order valence-electron chi connectivity index (χ0n) is 12.5. The fraction of sp³-hybridized carbons (Fsp3) is 0.267. The second-order valence-corrected chi connectivity index (χ2v) is 5.63. The number of halogens is 2. The van der Waals surface area contributed by atoms with Crippen LogP contribution in [0.5, 0.6) is 0 Å². The Morgan fingerprint density at radius 2 is 2.09 bits per heavy atom. The first-order valence-electron chi connectivity index (χ1n) is 6.79. The number of aryl methyl sites for hydroxylation is 1. The van der Waals surface area contributed by atoms with Gasteiger partial charge in [0, 0.05) is 24.8 Å². The smallest absolute Gasteiger partial charge is 0.254 e. The highest BCUT2D eigenvalue weighted by Crippen LogP contribution is 2.24. The van der Waals surface area contributed by atoms with Crippen LogP contribution in [0, 0.1) is 19.7 Å². The highest BCUT2D eigenvalue weighted by molar-refractivity contribution is 6.30. The number of rotatable bonds is 3. The molecule has 0 aliphatic rings. The summed E-state index contributed by atoms with van der Waals surface area (Å²) in [6, 6.07) is 4.82. The number of aromatic nitrogens is 4. The van der Waals surface area contributed by atoms with Gasteiger partial charge in [0.25, 0.3) is 5.78 Å². The van der Waals surface area contributed by atoms with E-state index in [0.29, 0.717) is 12.3 Å². The van der Waals surface area contributed by atoms with E-state index >= 15 is 0 Å². The van der Waals surface area contributed by atoms with Crippen LogP contribution in [-0.2, 0) is 6.54 Å². The maximum absolute atomic E-state index is 13.6. The molecule has 0 saturated carbocycles.